The smallest absolute Gasteiger partial charge is 0.179 e. The third kappa shape index (κ3) is 6.39. The standard InChI is InChI=1S/C62H44N2Si/c1-4-25-50(26-5-1)65(51-27-6-2-7-28-51,52-29-8-3-9-30-52)53-31-18-24-49(44-53)63(48-42-40-47(41-43-48)55-35-16-22-45-20-10-12-32-54(45)55)60-38-19-39-61-62(60)57-34-14-15-36-59(57)64(61)58-37-17-23-46-21-11-13-33-56(46)58/h1-44H. The van der Waals surface area contributed by atoms with Crippen LogP contribution in [0.5, 0.6) is 0 Å². The van der Waals surface area contributed by atoms with Gasteiger partial charge in [-0.1, -0.05) is 218 Å². The Morgan fingerprint density at radius 2 is 0.815 bits per heavy atom. The predicted octanol–water partition coefficient (Wildman–Crippen LogP) is 13.6. The van der Waals surface area contributed by atoms with Gasteiger partial charge in [-0.05, 0) is 96.6 Å². The summed E-state index contributed by atoms with van der Waals surface area (Å²) in [5.74, 6) is 0. The van der Waals surface area contributed by atoms with Gasteiger partial charge >= 0.3 is 0 Å². The van der Waals surface area contributed by atoms with E-state index in [9.17, 15) is 0 Å². The first kappa shape index (κ1) is 38.4. The summed E-state index contributed by atoms with van der Waals surface area (Å²) in [6, 6.07) is 98.6. The maximum Gasteiger partial charge on any atom is 0.179 e. The molecule has 12 rings (SSSR count). The number of rotatable bonds is 9. The Balaban J connectivity index is 1.14. The first-order valence-corrected chi connectivity index (χ1v) is 24.4. The average molecular weight is 845 g/mol. The van der Waals surface area contributed by atoms with Crippen molar-refractivity contribution in [1.82, 2.24) is 4.57 Å². The normalized spacial score (nSPS) is 11.7. The second-order valence-electron chi connectivity index (χ2n) is 16.8. The van der Waals surface area contributed by atoms with Crippen molar-refractivity contribution >= 4 is 89.2 Å². The summed E-state index contributed by atoms with van der Waals surface area (Å²) >= 11 is 0. The zero-order valence-electron chi connectivity index (χ0n) is 35.8. The van der Waals surface area contributed by atoms with Crippen LogP contribution < -0.4 is 25.6 Å². The van der Waals surface area contributed by atoms with Crippen molar-refractivity contribution in [3.05, 3.63) is 267 Å². The molecule has 0 atom stereocenters. The van der Waals surface area contributed by atoms with Crippen LogP contribution in [0, 0.1) is 0 Å². The molecule has 0 radical (unpaired) electrons. The highest BCUT2D eigenvalue weighted by Crippen LogP contribution is 2.45. The van der Waals surface area contributed by atoms with Crippen LogP contribution in [0.25, 0.3) is 60.2 Å². The van der Waals surface area contributed by atoms with Gasteiger partial charge in [0, 0.05) is 27.5 Å². The van der Waals surface area contributed by atoms with Gasteiger partial charge in [0.15, 0.2) is 8.07 Å². The van der Waals surface area contributed by atoms with Crippen molar-refractivity contribution in [2.75, 3.05) is 4.90 Å². The summed E-state index contributed by atoms with van der Waals surface area (Å²) in [4.78, 5) is 2.50. The van der Waals surface area contributed by atoms with E-state index >= 15 is 0 Å². The Labute approximate surface area is 380 Å². The molecular weight excluding hydrogens is 801 g/mol. The van der Waals surface area contributed by atoms with E-state index in [2.05, 4.69) is 276 Å². The number of nitrogens with zero attached hydrogens (tertiary/aromatic N) is 2. The quantitative estimate of drug-likeness (QED) is 0.104. The van der Waals surface area contributed by atoms with Crippen LogP contribution >= 0.6 is 0 Å². The van der Waals surface area contributed by atoms with E-state index in [-0.39, 0.29) is 0 Å². The van der Waals surface area contributed by atoms with Crippen LogP contribution in [-0.2, 0) is 0 Å². The molecule has 0 spiro atoms. The van der Waals surface area contributed by atoms with E-state index < -0.39 is 8.07 Å². The SMILES string of the molecule is c1ccc([Si](c2ccccc2)(c2ccccc2)c2cccc(N(c3ccc(-c4cccc5ccccc45)cc3)c3cccc4c3c3ccccc3n4-c3cccc4ccccc34)c2)cc1. The molecule has 0 saturated carbocycles. The molecule has 0 aliphatic carbocycles. The van der Waals surface area contributed by atoms with Crippen LogP contribution in [0.15, 0.2) is 267 Å². The number of fused-ring (bicyclic) bond motifs is 5. The Morgan fingerprint density at radius 1 is 0.323 bits per heavy atom. The molecule has 12 aromatic rings. The molecule has 1 heterocycles. The lowest BCUT2D eigenvalue weighted by Crippen LogP contribution is -2.74. The molecule has 0 fully saturated rings. The summed E-state index contributed by atoms with van der Waals surface area (Å²) in [6.45, 7) is 0. The average Bonchev–Trinajstić information content (AvgIpc) is 3.72. The lowest BCUT2D eigenvalue weighted by atomic mass is 9.98. The lowest BCUT2D eigenvalue weighted by molar-refractivity contribution is 1.20. The second kappa shape index (κ2) is 16.1. The first-order chi connectivity index (χ1) is 32.3. The maximum absolute atomic E-state index is 2.85. The highest BCUT2D eigenvalue weighted by atomic mass is 28.3. The molecule has 1 aromatic heterocycles. The van der Waals surface area contributed by atoms with Crippen molar-refractivity contribution in [3.63, 3.8) is 0 Å². The fourth-order valence-corrected chi connectivity index (χ4v) is 15.3. The Morgan fingerprint density at radius 3 is 1.49 bits per heavy atom. The summed E-state index contributed by atoms with van der Waals surface area (Å²) < 4.78 is 2.47. The molecule has 306 valence electrons. The van der Waals surface area contributed by atoms with Gasteiger partial charge in [-0.15, -0.1) is 0 Å². The van der Waals surface area contributed by atoms with Crippen molar-refractivity contribution in [3.8, 4) is 16.8 Å². The summed E-state index contributed by atoms with van der Waals surface area (Å²) in [6.07, 6.45) is 0. The van der Waals surface area contributed by atoms with Crippen LogP contribution in [0.3, 0.4) is 0 Å². The largest absolute Gasteiger partial charge is 0.310 e. The number of hydrogen-bond acceptors (Lipinski definition) is 1. The molecule has 3 heteroatoms. The number of anilines is 3. The molecule has 0 amide bonds. The van der Waals surface area contributed by atoms with Crippen LogP contribution in [0.4, 0.5) is 17.1 Å². The number of para-hydroxylation sites is 1. The molecule has 0 aliphatic heterocycles. The zero-order chi connectivity index (χ0) is 43.2. The van der Waals surface area contributed by atoms with Gasteiger partial charge in [0.1, 0.15) is 0 Å². The van der Waals surface area contributed by atoms with Gasteiger partial charge < -0.3 is 9.47 Å². The van der Waals surface area contributed by atoms with Crippen LogP contribution in [0.2, 0.25) is 0 Å². The van der Waals surface area contributed by atoms with Crippen LogP contribution in [-0.4, -0.2) is 12.6 Å². The van der Waals surface area contributed by atoms with E-state index in [4.69, 9.17) is 0 Å². The monoisotopic (exact) mass is 844 g/mol. The molecule has 65 heavy (non-hydrogen) atoms. The summed E-state index contributed by atoms with van der Waals surface area (Å²) in [5.41, 5.74) is 9.25. The fourth-order valence-electron chi connectivity index (χ4n) is 10.5. The zero-order valence-corrected chi connectivity index (χ0v) is 36.8. The van der Waals surface area contributed by atoms with Crippen molar-refractivity contribution < 1.29 is 0 Å². The molecule has 0 unspecified atom stereocenters. The minimum absolute atomic E-state index is 1.09. The highest BCUT2D eigenvalue weighted by molar-refractivity contribution is 7.19. The summed E-state index contributed by atoms with van der Waals surface area (Å²) in [7, 11) is -2.85. The van der Waals surface area contributed by atoms with Gasteiger partial charge in [0.05, 0.1) is 22.4 Å². The lowest BCUT2D eigenvalue weighted by Gasteiger charge is -2.35. The van der Waals surface area contributed by atoms with E-state index in [1.54, 1.807) is 0 Å². The van der Waals surface area contributed by atoms with Crippen molar-refractivity contribution in [2.45, 2.75) is 0 Å². The third-order valence-electron chi connectivity index (χ3n) is 13.3. The maximum atomic E-state index is 2.50. The number of benzene rings is 11. The van der Waals surface area contributed by atoms with Crippen LogP contribution in [0.1, 0.15) is 0 Å². The molecule has 11 aromatic carbocycles. The van der Waals surface area contributed by atoms with Crippen molar-refractivity contribution in [1.29, 1.82) is 0 Å². The van der Waals surface area contributed by atoms with Crippen molar-refractivity contribution in [2.24, 2.45) is 0 Å². The van der Waals surface area contributed by atoms with Gasteiger partial charge in [-0.3, -0.25) is 0 Å². The molecule has 0 saturated heterocycles. The van der Waals surface area contributed by atoms with E-state index in [1.165, 1.54) is 75.4 Å². The van der Waals surface area contributed by atoms with E-state index in [0.717, 1.165) is 22.6 Å². The first-order valence-electron chi connectivity index (χ1n) is 22.4. The fraction of sp³-hybridized carbons (Fsp3) is 0. The molecule has 2 nitrogen and oxygen atoms in total. The van der Waals surface area contributed by atoms with E-state index in [0.29, 0.717) is 0 Å². The Kier molecular flexibility index (Phi) is 9.55. The van der Waals surface area contributed by atoms with Gasteiger partial charge in [0.25, 0.3) is 0 Å². The summed E-state index contributed by atoms with van der Waals surface area (Å²) in [5, 5.41) is 12.7. The minimum Gasteiger partial charge on any atom is -0.310 e. The third-order valence-corrected chi connectivity index (χ3v) is 18.1. The Hall–Kier alpha value is -8.24. The molecule has 0 N–H and O–H groups in total. The van der Waals surface area contributed by atoms with Gasteiger partial charge in [-0.2, -0.15) is 0 Å². The minimum atomic E-state index is -2.85. The predicted molar refractivity (Wildman–Crippen MR) is 280 cm³/mol. The van der Waals surface area contributed by atoms with E-state index in [1.807, 2.05) is 0 Å². The van der Waals surface area contributed by atoms with Gasteiger partial charge in [0.2, 0.25) is 0 Å². The molecule has 0 aliphatic rings. The second-order valence-corrected chi connectivity index (χ2v) is 20.6. The molecule has 0 bridgehead atoms. The highest BCUT2D eigenvalue weighted by Gasteiger charge is 2.41. The molecular formula is C62H44N2Si. The topological polar surface area (TPSA) is 8.17 Å². The van der Waals surface area contributed by atoms with Gasteiger partial charge in [-0.25, -0.2) is 0 Å². The number of aromatic nitrogens is 1. The Bertz CT molecular complexity index is 3550. The number of hydrogen-bond donors (Lipinski definition) is 0.